The molecule has 0 rings (SSSR count). The molecule has 0 heterocycles. The normalized spacial score (nSPS) is 11.6. The fourth-order valence-corrected chi connectivity index (χ4v) is 2.05. The topological polar surface area (TPSA) is 38.3 Å². The number of carbonyl (C=O) groups excluding carboxylic acids is 1. The molecule has 3 nitrogen and oxygen atoms in total. The highest BCUT2D eigenvalue weighted by atomic mass is 35.5. The van der Waals surface area contributed by atoms with Gasteiger partial charge >= 0.3 is 5.97 Å². The molecule has 0 amide bonds. The second-order valence-electron chi connectivity index (χ2n) is 6.04. The molecule has 1 N–H and O–H groups in total. The van der Waals surface area contributed by atoms with Crippen molar-refractivity contribution in [3.8, 4) is 0 Å². The maximum absolute atomic E-state index is 11.6. The summed E-state index contributed by atoms with van der Waals surface area (Å²) >= 11 is 5.48. The molecule has 0 aliphatic heterocycles. The molecule has 0 aromatic carbocycles. The van der Waals surface area contributed by atoms with Gasteiger partial charge in [-0.2, -0.15) is 0 Å². The summed E-state index contributed by atoms with van der Waals surface area (Å²) in [4.78, 5) is 14.0. The van der Waals surface area contributed by atoms with Crippen LogP contribution in [0.2, 0.25) is 0 Å². The number of esters is 1. The third-order valence-electron chi connectivity index (χ3n) is 3.48. The Morgan fingerprint density at radius 2 is 1.40 bits per heavy atom. The van der Waals surface area contributed by atoms with Crippen molar-refractivity contribution in [1.82, 2.24) is 4.84 Å². The molecular formula is C16H32ClNO2. The maximum Gasteiger partial charge on any atom is 0.326 e. The van der Waals surface area contributed by atoms with Crippen molar-refractivity contribution in [3.05, 3.63) is 0 Å². The molecule has 4 heteroatoms. The average molecular weight is 306 g/mol. The summed E-state index contributed by atoms with van der Waals surface area (Å²) in [5.41, 5.74) is -0.806. The van der Waals surface area contributed by atoms with Crippen molar-refractivity contribution >= 4 is 17.7 Å². The lowest BCUT2D eigenvalue weighted by Gasteiger charge is -2.19. The van der Waals surface area contributed by atoms with Crippen molar-refractivity contribution in [2.45, 2.75) is 90.5 Å². The minimum atomic E-state index is -0.806. The van der Waals surface area contributed by atoms with E-state index in [2.05, 4.69) is 11.8 Å². The van der Waals surface area contributed by atoms with Crippen LogP contribution in [0.5, 0.6) is 0 Å². The molecule has 0 aliphatic rings. The smallest absolute Gasteiger partial charge is 0.326 e. The zero-order chi connectivity index (χ0) is 15.3. The highest BCUT2D eigenvalue weighted by Gasteiger charge is 2.27. The minimum absolute atomic E-state index is 0.288. The van der Waals surface area contributed by atoms with E-state index in [4.69, 9.17) is 16.5 Å². The van der Waals surface area contributed by atoms with Crippen molar-refractivity contribution in [3.63, 3.8) is 0 Å². The third kappa shape index (κ3) is 10.5. The number of ether oxygens (including phenoxy) is 1. The molecule has 0 saturated carbocycles. The van der Waals surface area contributed by atoms with Crippen LogP contribution in [0.4, 0.5) is 0 Å². The summed E-state index contributed by atoms with van der Waals surface area (Å²) in [6, 6.07) is 0. The van der Waals surface area contributed by atoms with Crippen molar-refractivity contribution in [1.29, 1.82) is 0 Å². The van der Waals surface area contributed by atoms with E-state index in [-0.39, 0.29) is 5.97 Å². The van der Waals surface area contributed by atoms with Gasteiger partial charge < -0.3 is 4.74 Å². The second-order valence-corrected chi connectivity index (χ2v) is 6.23. The lowest BCUT2D eigenvalue weighted by Crippen LogP contribution is -2.43. The fourth-order valence-electron chi connectivity index (χ4n) is 1.97. The predicted molar refractivity (Wildman–Crippen MR) is 85.9 cm³/mol. The Bertz CT molecular complexity index is 245. The second kappa shape index (κ2) is 12.5. The van der Waals surface area contributed by atoms with Crippen LogP contribution in [-0.4, -0.2) is 18.1 Å². The van der Waals surface area contributed by atoms with Gasteiger partial charge in [-0.15, -0.1) is 0 Å². The molecule has 120 valence electrons. The molecule has 0 spiro atoms. The molecule has 0 aromatic heterocycles. The van der Waals surface area contributed by atoms with Gasteiger partial charge in [-0.25, -0.2) is 4.84 Å². The van der Waals surface area contributed by atoms with Gasteiger partial charge in [-0.05, 0) is 32.0 Å². The molecule has 0 saturated heterocycles. The number of hydrogen-bond acceptors (Lipinski definition) is 3. The first-order valence-electron chi connectivity index (χ1n) is 8.09. The molecule has 0 aromatic rings. The van der Waals surface area contributed by atoms with Crippen LogP contribution < -0.4 is 4.84 Å². The van der Waals surface area contributed by atoms with E-state index < -0.39 is 5.54 Å². The first-order chi connectivity index (χ1) is 9.54. The molecule has 0 radical (unpaired) electrons. The monoisotopic (exact) mass is 305 g/mol. The Balaban J connectivity index is 3.27. The third-order valence-corrected chi connectivity index (χ3v) is 3.95. The summed E-state index contributed by atoms with van der Waals surface area (Å²) in [7, 11) is 0. The van der Waals surface area contributed by atoms with Crippen LogP contribution in [-0.2, 0) is 9.53 Å². The van der Waals surface area contributed by atoms with Gasteiger partial charge in [0.05, 0.1) is 6.61 Å². The van der Waals surface area contributed by atoms with Crippen molar-refractivity contribution in [2.75, 3.05) is 6.61 Å². The van der Waals surface area contributed by atoms with Crippen LogP contribution >= 0.6 is 11.8 Å². The average Bonchev–Trinajstić information content (AvgIpc) is 2.44. The van der Waals surface area contributed by atoms with Crippen molar-refractivity contribution < 1.29 is 9.53 Å². The first kappa shape index (κ1) is 19.7. The van der Waals surface area contributed by atoms with Crippen LogP contribution in [0.3, 0.4) is 0 Å². The fraction of sp³-hybridized carbons (Fsp3) is 0.938. The van der Waals surface area contributed by atoms with Crippen LogP contribution in [0.25, 0.3) is 0 Å². The molecule has 0 bridgehead atoms. The SMILES string of the molecule is CCCCCCCCCCCCOC(=O)C(C)(C)NCl. The summed E-state index contributed by atoms with van der Waals surface area (Å²) in [6.07, 6.45) is 12.8. The molecule has 0 atom stereocenters. The van der Waals surface area contributed by atoms with E-state index in [1.807, 2.05) is 0 Å². The largest absolute Gasteiger partial charge is 0.464 e. The standard InChI is InChI=1S/C16H32ClNO2/c1-4-5-6-7-8-9-10-11-12-13-14-20-15(19)16(2,3)18-17/h18H,4-14H2,1-3H3. The Labute approximate surface area is 129 Å². The van der Waals surface area contributed by atoms with Gasteiger partial charge in [0.25, 0.3) is 0 Å². The highest BCUT2D eigenvalue weighted by Crippen LogP contribution is 2.11. The van der Waals surface area contributed by atoms with E-state index in [1.54, 1.807) is 13.8 Å². The number of carbonyl (C=O) groups is 1. The summed E-state index contributed by atoms with van der Waals surface area (Å²) in [5, 5.41) is 0. The van der Waals surface area contributed by atoms with Gasteiger partial charge in [0, 0.05) is 0 Å². The van der Waals surface area contributed by atoms with Crippen LogP contribution in [0.15, 0.2) is 0 Å². The van der Waals surface area contributed by atoms with E-state index >= 15 is 0 Å². The maximum atomic E-state index is 11.6. The summed E-state index contributed by atoms with van der Waals surface area (Å²) in [6.45, 7) is 6.16. The molecule has 0 aliphatic carbocycles. The number of nitrogens with one attached hydrogen (secondary N) is 1. The van der Waals surface area contributed by atoms with E-state index in [1.165, 1.54) is 51.4 Å². The zero-order valence-electron chi connectivity index (χ0n) is 13.5. The van der Waals surface area contributed by atoms with Gasteiger partial charge in [0.1, 0.15) is 5.54 Å². The summed E-state index contributed by atoms with van der Waals surface area (Å²) < 4.78 is 5.18. The lowest BCUT2D eigenvalue weighted by atomic mass is 10.1. The minimum Gasteiger partial charge on any atom is -0.464 e. The van der Waals surface area contributed by atoms with Crippen LogP contribution in [0, 0.1) is 0 Å². The molecule has 0 fully saturated rings. The van der Waals surface area contributed by atoms with Gasteiger partial charge in [0.2, 0.25) is 0 Å². The van der Waals surface area contributed by atoms with E-state index in [0.717, 1.165) is 12.8 Å². The number of halogens is 1. The first-order valence-corrected chi connectivity index (χ1v) is 8.47. The van der Waals surface area contributed by atoms with E-state index in [9.17, 15) is 4.79 Å². The molecule has 20 heavy (non-hydrogen) atoms. The number of hydrogen-bond donors (Lipinski definition) is 1. The Hall–Kier alpha value is -0.280. The van der Waals surface area contributed by atoms with E-state index in [0.29, 0.717) is 6.61 Å². The Kier molecular flexibility index (Phi) is 12.3. The van der Waals surface area contributed by atoms with Crippen molar-refractivity contribution in [2.24, 2.45) is 0 Å². The number of unbranched alkanes of at least 4 members (excludes halogenated alkanes) is 9. The quantitative estimate of drug-likeness (QED) is 0.296. The van der Waals surface area contributed by atoms with Gasteiger partial charge in [-0.1, -0.05) is 64.7 Å². The summed E-state index contributed by atoms with van der Waals surface area (Å²) in [5.74, 6) is -0.288. The van der Waals surface area contributed by atoms with Crippen LogP contribution in [0.1, 0.15) is 85.0 Å². The van der Waals surface area contributed by atoms with Gasteiger partial charge in [-0.3, -0.25) is 4.79 Å². The predicted octanol–water partition coefficient (Wildman–Crippen LogP) is 4.97. The molecular weight excluding hydrogens is 274 g/mol. The lowest BCUT2D eigenvalue weighted by molar-refractivity contribution is -0.149. The Morgan fingerprint density at radius 3 is 1.85 bits per heavy atom. The Morgan fingerprint density at radius 1 is 0.950 bits per heavy atom. The highest BCUT2D eigenvalue weighted by molar-refractivity contribution is 6.15. The zero-order valence-corrected chi connectivity index (χ0v) is 14.2. The molecule has 0 unspecified atom stereocenters. The van der Waals surface area contributed by atoms with Gasteiger partial charge in [0.15, 0.2) is 0 Å². The number of rotatable bonds is 13.